The summed E-state index contributed by atoms with van der Waals surface area (Å²) in [5.74, 6) is -0.837. The van der Waals surface area contributed by atoms with E-state index in [4.69, 9.17) is 32.7 Å². The van der Waals surface area contributed by atoms with Crippen LogP contribution in [0.3, 0.4) is 0 Å². The standard InChI is InChI=1S/C28H28Cl2F2N2O7S/c1-16-5-3-4-6-26(16)42(37,38)33-17(2)27(35)40-24(12-20-21(29)13-34(36)14-22(20)30)19-9-10-23(41-28(31)32)25(11-19)39-15-18-7-8-18/h3-6,9-11,13-14,17-18,24,28,33H,7-8,12,15H2,1-2H3/t17-,24+/m0/s1. The number of carbonyl (C=O) groups excluding carboxylic acids is 1. The first-order valence-electron chi connectivity index (χ1n) is 12.9. The van der Waals surface area contributed by atoms with E-state index in [2.05, 4.69) is 9.46 Å². The lowest BCUT2D eigenvalue weighted by molar-refractivity contribution is -0.605. The summed E-state index contributed by atoms with van der Waals surface area (Å²) >= 11 is 12.6. The molecule has 1 saturated carbocycles. The van der Waals surface area contributed by atoms with Crippen LogP contribution in [0.1, 0.15) is 42.6 Å². The number of hydrogen-bond acceptors (Lipinski definition) is 7. The molecule has 1 aromatic heterocycles. The molecule has 0 unspecified atom stereocenters. The van der Waals surface area contributed by atoms with Crippen molar-refractivity contribution in [1.82, 2.24) is 4.72 Å². The second-order valence-electron chi connectivity index (χ2n) is 9.87. The Labute approximate surface area is 251 Å². The first-order chi connectivity index (χ1) is 19.8. The van der Waals surface area contributed by atoms with E-state index in [1.165, 1.54) is 31.2 Å². The number of benzene rings is 2. The Morgan fingerprint density at radius 3 is 2.40 bits per heavy atom. The minimum Gasteiger partial charge on any atom is -0.619 e. The maximum Gasteiger partial charge on any atom is 0.387 e. The Morgan fingerprint density at radius 1 is 1.12 bits per heavy atom. The predicted molar refractivity (Wildman–Crippen MR) is 150 cm³/mol. The van der Waals surface area contributed by atoms with Crippen LogP contribution < -0.4 is 18.9 Å². The van der Waals surface area contributed by atoms with E-state index in [0.717, 1.165) is 25.2 Å². The van der Waals surface area contributed by atoms with E-state index in [1.807, 2.05) is 0 Å². The number of carbonyl (C=O) groups is 1. The van der Waals surface area contributed by atoms with Gasteiger partial charge in [0.15, 0.2) is 23.9 Å². The number of pyridine rings is 1. The average Bonchev–Trinajstić information content (AvgIpc) is 3.73. The topological polar surface area (TPSA) is 118 Å². The summed E-state index contributed by atoms with van der Waals surface area (Å²) in [4.78, 5) is 13.2. The third kappa shape index (κ3) is 8.21. The number of aromatic nitrogens is 1. The number of alkyl halides is 2. The summed E-state index contributed by atoms with van der Waals surface area (Å²) in [5, 5.41) is 11.8. The van der Waals surface area contributed by atoms with Gasteiger partial charge in [0.25, 0.3) is 0 Å². The first-order valence-corrected chi connectivity index (χ1v) is 15.1. The number of nitrogens with one attached hydrogen (secondary N) is 1. The third-order valence-corrected chi connectivity index (χ3v) is 8.85. The maximum atomic E-state index is 13.2. The van der Waals surface area contributed by atoms with Crippen molar-refractivity contribution in [1.29, 1.82) is 0 Å². The van der Waals surface area contributed by atoms with Gasteiger partial charge in [-0.1, -0.05) is 47.5 Å². The van der Waals surface area contributed by atoms with Crippen molar-refractivity contribution in [2.75, 3.05) is 6.61 Å². The molecule has 0 saturated heterocycles. The zero-order chi connectivity index (χ0) is 30.6. The van der Waals surface area contributed by atoms with Gasteiger partial charge in [0.2, 0.25) is 10.0 Å². The van der Waals surface area contributed by atoms with Crippen molar-refractivity contribution in [3.05, 3.63) is 86.8 Å². The minimum absolute atomic E-state index is 0.00189. The van der Waals surface area contributed by atoms with E-state index in [1.54, 1.807) is 25.1 Å². The summed E-state index contributed by atoms with van der Waals surface area (Å²) in [6, 6.07) is 9.01. The van der Waals surface area contributed by atoms with Gasteiger partial charge in [0.1, 0.15) is 22.2 Å². The molecule has 4 rings (SSSR count). The maximum absolute atomic E-state index is 13.2. The molecule has 0 spiro atoms. The van der Waals surface area contributed by atoms with Crippen molar-refractivity contribution < 1.29 is 40.9 Å². The lowest BCUT2D eigenvalue weighted by atomic mass is 10.0. The summed E-state index contributed by atoms with van der Waals surface area (Å²) in [7, 11) is -4.08. The normalized spacial score (nSPS) is 14.8. The first kappa shape index (κ1) is 31.7. The highest BCUT2D eigenvalue weighted by atomic mass is 35.5. The smallest absolute Gasteiger partial charge is 0.387 e. The number of rotatable bonds is 13. The van der Waals surface area contributed by atoms with Crippen LogP contribution in [0.5, 0.6) is 11.5 Å². The van der Waals surface area contributed by atoms with Crippen LogP contribution in [0, 0.1) is 18.0 Å². The van der Waals surface area contributed by atoms with E-state index in [0.29, 0.717) is 21.8 Å². The van der Waals surface area contributed by atoms with Gasteiger partial charge >= 0.3 is 12.6 Å². The molecule has 3 aromatic rings. The van der Waals surface area contributed by atoms with Gasteiger partial charge in [-0.25, -0.2) is 8.42 Å². The number of ether oxygens (including phenoxy) is 3. The van der Waals surface area contributed by atoms with Crippen molar-refractivity contribution in [2.24, 2.45) is 5.92 Å². The van der Waals surface area contributed by atoms with Crippen LogP contribution >= 0.6 is 23.2 Å². The van der Waals surface area contributed by atoms with Crippen LogP contribution in [0.25, 0.3) is 0 Å². The fraction of sp³-hybridized carbons (Fsp3) is 0.357. The SMILES string of the molecule is Cc1ccccc1S(=O)(=O)N[C@@H](C)C(=O)O[C@H](Cc1c(Cl)c[n+]([O-])cc1Cl)c1ccc(OC(F)F)c(OCC2CC2)c1. The van der Waals surface area contributed by atoms with Crippen LogP contribution in [-0.4, -0.2) is 33.6 Å². The number of sulfonamides is 1. The van der Waals surface area contributed by atoms with Gasteiger partial charge in [-0.3, -0.25) is 4.79 Å². The number of esters is 1. The molecule has 2 atom stereocenters. The second-order valence-corrected chi connectivity index (χ2v) is 12.4. The monoisotopic (exact) mass is 644 g/mol. The molecule has 0 bridgehead atoms. The number of hydrogen-bond donors (Lipinski definition) is 1. The molecule has 226 valence electrons. The Balaban J connectivity index is 1.64. The molecule has 9 nitrogen and oxygen atoms in total. The summed E-state index contributed by atoms with van der Waals surface area (Å²) < 4.78 is 70.9. The average molecular weight is 646 g/mol. The highest BCUT2D eigenvalue weighted by molar-refractivity contribution is 7.89. The molecular weight excluding hydrogens is 617 g/mol. The molecule has 1 fully saturated rings. The number of halogens is 4. The zero-order valence-corrected chi connectivity index (χ0v) is 24.9. The lowest BCUT2D eigenvalue weighted by Gasteiger charge is -2.23. The van der Waals surface area contributed by atoms with E-state index in [9.17, 15) is 27.2 Å². The van der Waals surface area contributed by atoms with Crippen molar-refractivity contribution in [3.8, 4) is 11.5 Å². The highest BCUT2D eigenvalue weighted by Gasteiger charge is 2.30. The summed E-state index contributed by atoms with van der Waals surface area (Å²) in [5.41, 5.74) is 1.05. The second kappa shape index (κ2) is 13.4. The van der Waals surface area contributed by atoms with Gasteiger partial charge < -0.3 is 19.4 Å². The van der Waals surface area contributed by atoms with E-state index >= 15 is 0 Å². The van der Waals surface area contributed by atoms with Gasteiger partial charge in [-0.05, 0) is 61.9 Å². The Bertz CT molecular complexity index is 1530. The predicted octanol–water partition coefficient (Wildman–Crippen LogP) is 5.52. The Kier molecular flexibility index (Phi) is 10.1. The minimum atomic E-state index is -4.08. The van der Waals surface area contributed by atoms with Crippen LogP contribution in [0.2, 0.25) is 10.0 Å². The summed E-state index contributed by atoms with van der Waals surface area (Å²) in [6.07, 6.45) is 2.76. The molecule has 0 amide bonds. The number of aryl methyl sites for hydroxylation is 1. The van der Waals surface area contributed by atoms with E-state index in [-0.39, 0.29) is 45.0 Å². The van der Waals surface area contributed by atoms with E-state index < -0.39 is 34.7 Å². The van der Waals surface area contributed by atoms with Crippen molar-refractivity contribution in [3.63, 3.8) is 0 Å². The molecule has 0 aliphatic heterocycles. The lowest BCUT2D eigenvalue weighted by Crippen LogP contribution is -2.40. The molecule has 42 heavy (non-hydrogen) atoms. The van der Waals surface area contributed by atoms with Gasteiger partial charge in [0, 0.05) is 12.0 Å². The Hall–Kier alpha value is -3.19. The third-order valence-electron chi connectivity index (χ3n) is 6.50. The molecule has 14 heteroatoms. The highest BCUT2D eigenvalue weighted by Crippen LogP contribution is 2.38. The molecule has 0 radical (unpaired) electrons. The zero-order valence-electron chi connectivity index (χ0n) is 22.6. The van der Waals surface area contributed by atoms with Gasteiger partial charge in [-0.15, -0.1) is 0 Å². The largest absolute Gasteiger partial charge is 0.619 e. The fourth-order valence-corrected chi connectivity index (χ4v) is 6.14. The Morgan fingerprint density at radius 2 is 1.79 bits per heavy atom. The van der Waals surface area contributed by atoms with Crippen molar-refractivity contribution >= 4 is 39.2 Å². The van der Waals surface area contributed by atoms with Crippen LogP contribution in [-0.2, 0) is 26.0 Å². The molecule has 2 aromatic carbocycles. The van der Waals surface area contributed by atoms with Gasteiger partial charge in [0.05, 0.1) is 11.5 Å². The van der Waals surface area contributed by atoms with Crippen LogP contribution in [0.4, 0.5) is 8.78 Å². The van der Waals surface area contributed by atoms with Crippen molar-refractivity contribution in [2.45, 2.75) is 56.8 Å². The quantitative estimate of drug-likeness (QED) is 0.148. The molecule has 1 N–H and O–H groups in total. The summed E-state index contributed by atoms with van der Waals surface area (Å²) in [6.45, 7) is 0.125. The molecular formula is C28H28Cl2F2N2O7S. The molecule has 1 aliphatic carbocycles. The molecule has 1 aliphatic rings. The molecule has 1 heterocycles. The number of nitrogens with zero attached hydrogens (tertiary/aromatic N) is 1. The van der Waals surface area contributed by atoms with Gasteiger partial charge in [-0.2, -0.15) is 18.2 Å². The van der Waals surface area contributed by atoms with Crippen LogP contribution in [0.15, 0.2) is 59.8 Å². The fourth-order valence-electron chi connectivity index (χ4n) is 4.11.